The Balaban J connectivity index is 1.40. The molecule has 4 heteroatoms. The van der Waals surface area contributed by atoms with Gasteiger partial charge in [0.1, 0.15) is 0 Å². The molecule has 1 amide bonds. The van der Waals surface area contributed by atoms with Crippen molar-refractivity contribution in [1.29, 1.82) is 0 Å². The lowest BCUT2D eigenvalue weighted by Crippen LogP contribution is -2.48. The first-order valence-electron chi connectivity index (χ1n) is 9.48. The smallest absolute Gasteiger partial charge is 0.220 e. The highest BCUT2D eigenvalue weighted by Crippen LogP contribution is 2.33. The van der Waals surface area contributed by atoms with Gasteiger partial charge in [-0.1, -0.05) is 36.8 Å². The van der Waals surface area contributed by atoms with E-state index in [9.17, 15) is 9.90 Å². The van der Waals surface area contributed by atoms with Crippen LogP contribution >= 0.6 is 0 Å². The molecule has 24 heavy (non-hydrogen) atoms. The molecule has 4 nitrogen and oxygen atoms in total. The van der Waals surface area contributed by atoms with Crippen molar-refractivity contribution < 1.29 is 9.90 Å². The van der Waals surface area contributed by atoms with Crippen molar-refractivity contribution in [2.45, 2.75) is 57.1 Å². The van der Waals surface area contributed by atoms with E-state index in [0.717, 1.165) is 12.0 Å². The van der Waals surface area contributed by atoms with Crippen molar-refractivity contribution >= 4 is 5.91 Å². The second-order valence-electron chi connectivity index (χ2n) is 7.27. The fourth-order valence-electron chi connectivity index (χ4n) is 4.32. The number of fused-ring (bicyclic) bond motifs is 1. The summed E-state index contributed by atoms with van der Waals surface area (Å²) in [5, 5.41) is 13.0. The monoisotopic (exact) mass is 330 g/mol. The zero-order valence-electron chi connectivity index (χ0n) is 14.5. The van der Waals surface area contributed by atoms with Crippen molar-refractivity contribution in [1.82, 2.24) is 10.2 Å². The summed E-state index contributed by atoms with van der Waals surface area (Å²) in [6.07, 6.45) is 7.45. The Morgan fingerprint density at radius 1 is 1.17 bits per heavy atom. The number of carbonyl (C=O) groups excluding carboxylic acids is 1. The van der Waals surface area contributed by atoms with Crippen molar-refractivity contribution in [3.05, 3.63) is 35.9 Å². The van der Waals surface area contributed by atoms with Gasteiger partial charge in [0.2, 0.25) is 5.91 Å². The van der Waals surface area contributed by atoms with Gasteiger partial charge in [0.15, 0.2) is 0 Å². The van der Waals surface area contributed by atoms with Crippen molar-refractivity contribution in [2.75, 3.05) is 19.6 Å². The first-order valence-corrected chi connectivity index (χ1v) is 9.48. The molecule has 2 aliphatic heterocycles. The number of nitrogens with zero attached hydrogens (tertiary/aromatic N) is 1. The molecule has 2 saturated heterocycles. The average Bonchev–Trinajstić information content (AvgIpc) is 2.65. The predicted octanol–water partition coefficient (Wildman–Crippen LogP) is 2.88. The summed E-state index contributed by atoms with van der Waals surface area (Å²) >= 11 is 0. The van der Waals surface area contributed by atoms with Crippen LogP contribution in [0.1, 0.15) is 56.6 Å². The lowest BCUT2D eigenvalue weighted by molar-refractivity contribution is -0.122. The van der Waals surface area contributed by atoms with E-state index in [0.29, 0.717) is 24.9 Å². The number of rotatable bonds is 6. The molecule has 0 aromatic heterocycles. The second-order valence-corrected chi connectivity index (χ2v) is 7.27. The molecule has 0 radical (unpaired) electrons. The molecule has 2 fully saturated rings. The predicted molar refractivity (Wildman–Crippen MR) is 95.6 cm³/mol. The third-order valence-corrected chi connectivity index (χ3v) is 5.65. The Kier molecular flexibility index (Phi) is 6.27. The average molecular weight is 330 g/mol. The van der Waals surface area contributed by atoms with E-state index >= 15 is 0 Å². The molecule has 0 bridgehead atoms. The molecule has 0 aliphatic carbocycles. The molecule has 2 N–H and O–H groups in total. The summed E-state index contributed by atoms with van der Waals surface area (Å²) in [5.74, 6) is 0.738. The highest BCUT2D eigenvalue weighted by atomic mass is 16.3. The SMILES string of the molecule is O=C(CC[C@@H]1CCCN2CCCC[C@H]12)NC[C@@H](O)c1ccccc1. The van der Waals surface area contributed by atoms with Crippen molar-refractivity contribution in [3.8, 4) is 0 Å². The van der Waals surface area contributed by atoms with Crippen LogP contribution in [0.2, 0.25) is 0 Å². The van der Waals surface area contributed by atoms with Gasteiger partial charge in [0.25, 0.3) is 0 Å². The van der Waals surface area contributed by atoms with Gasteiger partial charge in [-0.25, -0.2) is 0 Å². The summed E-state index contributed by atoms with van der Waals surface area (Å²) in [6.45, 7) is 2.79. The van der Waals surface area contributed by atoms with Crippen LogP contribution < -0.4 is 5.32 Å². The second kappa shape index (κ2) is 8.63. The maximum absolute atomic E-state index is 12.1. The minimum atomic E-state index is -0.626. The highest BCUT2D eigenvalue weighted by Gasteiger charge is 2.32. The van der Waals surface area contributed by atoms with Crippen LogP contribution in [0.3, 0.4) is 0 Å². The van der Waals surface area contributed by atoms with Gasteiger partial charge >= 0.3 is 0 Å². The highest BCUT2D eigenvalue weighted by molar-refractivity contribution is 5.75. The molecule has 0 unspecified atom stereocenters. The quantitative estimate of drug-likeness (QED) is 0.843. The Bertz CT molecular complexity index is 518. The third-order valence-electron chi connectivity index (χ3n) is 5.65. The van der Waals surface area contributed by atoms with Crippen LogP contribution in [-0.4, -0.2) is 41.6 Å². The van der Waals surface area contributed by atoms with Gasteiger partial charge in [-0.15, -0.1) is 0 Å². The maximum atomic E-state index is 12.1. The molecule has 132 valence electrons. The number of aliphatic hydroxyl groups is 1. The number of amides is 1. The third kappa shape index (κ3) is 4.58. The van der Waals surface area contributed by atoms with Gasteiger partial charge in [0.05, 0.1) is 6.10 Å². The fraction of sp³-hybridized carbons (Fsp3) is 0.650. The van der Waals surface area contributed by atoms with Gasteiger partial charge in [0, 0.05) is 19.0 Å². The van der Waals surface area contributed by atoms with E-state index in [1.165, 1.54) is 45.2 Å². The topological polar surface area (TPSA) is 52.6 Å². The van der Waals surface area contributed by atoms with Gasteiger partial charge in [-0.3, -0.25) is 4.79 Å². The molecule has 2 heterocycles. The Hall–Kier alpha value is -1.39. The fourth-order valence-corrected chi connectivity index (χ4v) is 4.32. The molecule has 3 rings (SSSR count). The molecular formula is C20H30N2O2. The molecule has 0 spiro atoms. The standard InChI is InChI=1S/C20H30N2O2/c23-19(17-7-2-1-3-8-17)15-21-20(24)12-11-16-9-6-14-22-13-5-4-10-18(16)22/h1-3,7-8,16,18-19,23H,4-6,9-15H2,(H,21,24)/t16-,18+,19+/m0/s1. The van der Waals surface area contributed by atoms with Crippen LogP contribution in [0.25, 0.3) is 0 Å². The van der Waals surface area contributed by atoms with Gasteiger partial charge in [-0.05, 0) is 56.7 Å². The number of hydrogen-bond acceptors (Lipinski definition) is 3. The normalized spacial score (nSPS) is 25.7. The number of carbonyl (C=O) groups is 1. The molecule has 2 aliphatic rings. The van der Waals surface area contributed by atoms with Crippen molar-refractivity contribution in [2.24, 2.45) is 5.92 Å². The maximum Gasteiger partial charge on any atom is 0.220 e. The first kappa shape index (κ1) is 17.4. The van der Waals surface area contributed by atoms with Crippen LogP contribution in [-0.2, 0) is 4.79 Å². The van der Waals surface area contributed by atoms with Crippen molar-refractivity contribution in [3.63, 3.8) is 0 Å². The van der Waals surface area contributed by atoms with E-state index in [1.54, 1.807) is 0 Å². The number of nitrogens with one attached hydrogen (secondary N) is 1. The number of piperidine rings is 2. The first-order chi connectivity index (χ1) is 11.7. The Morgan fingerprint density at radius 2 is 1.96 bits per heavy atom. The lowest BCUT2D eigenvalue weighted by atomic mass is 9.81. The summed E-state index contributed by atoms with van der Waals surface area (Å²) in [4.78, 5) is 14.8. The van der Waals surface area contributed by atoms with E-state index < -0.39 is 6.10 Å². The van der Waals surface area contributed by atoms with E-state index in [-0.39, 0.29) is 5.91 Å². The minimum absolute atomic E-state index is 0.0675. The zero-order chi connectivity index (χ0) is 16.8. The summed E-state index contributed by atoms with van der Waals surface area (Å²) in [6, 6.07) is 10.2. The van der Waals surface area contributed by atoms with Gasteiger partial charge < -0.3 is 15.3 Å². The van der Waals surface area contributed by atoms with E-state index in [1.807, 2.05) is 30.3 Å². The largest absolute Gasteiger partial charge is 0.387 e. The summed E-state index contributed by atoms with van der Waals surface area (Å²) in [7, 11) is 0. The zero-order valence-corrected chi connectivity index (χ0v) is 14.5. The van der Waals surface area contributed by atoms with Crippen LogP contribution in [0, 0.1) is 5.92 Å². The molecule has 0 saturated carbocycles. The van der Waals surface area contributed by atoms with E-state index in [2.05, 4.69) is 10.2 Å². The van der Waals surface area contributed by atoms with E-state index in [4.69, 9.17) is 0 Å². The van der Waals surface area contributed by atoms with Gasteiger partial charge in [-0.2, -0.15) is 0 Å². The minimum Gasteiger partial charge on any atom is -0.387 e. The molecular weight excluding hydrogens is 300 g/mol. The molecule has 3 atom stereocenters. The Morgan fingerprint density at radius 3 is 2.79 bits per heavy atom. The molecule has 1 aromatic carbocycles. The Labute approximate surface area is 145 Å². The summed E-state index contributed by atoms with van der Waals surface area (Å²) < 4.78 is 0. The van der Waals surface area contributed by atoms with Crippen LogP contribution in [0.15, 0.2) is 30.3 Å². The molecule has 1 aromatic rings. The number of hydrogen-bond donors (Lipinski definition) is 2. The van der Waals surface area contributed by atoms with Crippen LogP contribution in [0.5, 0.6) is 0 Å². The summed E-state index contributed by atoms with van der Waals surface area (Å²) in [5.41, 5.74) is 0.850. The van der Waals surface area contributed by atoms with Crippen LogP contribution in [0.4, 0.5) is 0 Å². The number of benzene rings is 1. The number of aliphatic hydroxyl groups excluding tert-OH is 1. The lowest BCUT2D eigenvalue weighted by Gasteiger charge is -2.44.